The van der Waals surface area contributed by atoms with Gasteiger partial charge in [-0.1, -0.05) is 0 Å². The second kappa shape index (κ2) is 13.5. The maximum absolute atomic E-state index is 10.9. The SMILES string of the molecule is O=S(=O)(O)O.O=S(=O)([O-])O.[2H]C([2H])([2H])[S+](CC[C@H](N)C(=O)O)C[C@H]1O[C@@H](n2cnc3c(N)ncnc32)[C@@H](O)C1O. The molecule has 212 valence electrons. The van der Waals surface area contributed by atoms with Gasteiger partial charge in [0.1, 0.15) is 47.7 Å². The Hall–Kier alpha value is -2.25. The van der Waals surface area contributed by atoms with Crippen molar-refractivity contribution in [2.75, 3.05) is 23.4 Å². The van der Waals surface area contributed by atoms with Gasteiger partial charge in [0.15, 0.2) is 17.7 Å². The van der Waals surface area contributed by atoms with Crippen LogP contribution in [0.3, 0.4) is 0 Å². The van der Waals surface area contributed by atoms with E-state index in [0.717, 1.165) is 0 Å². The third kappa shape index (κ3) is 11.8. The average molecular weight is 598 g/mol. The summed E-state index contributed by atoms with van der Waals surface area (Å²) in [6.45, 7) is 0. The normalized spacial score (nSPS) is 24.9. The van der Waals surface area contributed by atoms with Gasteiger partial charge in [-0.15, -0.1) is 0 Å². The molecule has 2 unspecified atom stereocenters. The van der Waals surface area contributed by atoms with Crippen molar-refractivity contribution in [3.8, 4) is 0 Å². The fraction of sp³-hybridized carbons (Fsp3) is 0.600. The molecule has 1 fully saturated rings. The first-order chi connectivity index (χ1) is 18.0. The Morgan fingerprint density at radius 3 is 2.32 bits per heavy atom. The number of rotatable bonds is 7. The number of fused-ring (bicyclic) bond motifs is 1. The first-order valence-electron chi connectivity index (χ1n) is 11.0. The smallest absolute Gasteiger partial charge is 0.394 e. The third-order valence-corrected chi connectivity index (χ3v) is 5.82. The number of imidazole rings is 1. The topological polar surface area (TPSA) is 335 Å². The van der Waals surface area contributed by atoms with E-state index in [2.05, 4.69) is 15.0 Å². The van der Waals surface area contributed by atoms with Gasteiger partial charge >= 0.3 is 16.4 Å². The lowest BCUT2D eigenvalue weighted by Gasteiger charge is -2.16. The van der Waals surface area contributed by atoms with Crippen LogP contribution in [0.2, 0.25) is 0 Å². The molecule has 0 spiro atoms. The van der Waals surface area contributed by atoms with Crippen LogP contribution >= 0.6 is 0 Å². The first kappa shape index (κ1) is 27.8. The summed E-state index contributed by atoms with van der Waals surface area (Å²) in [5.74, 6) is -1.15. The van der Waals surface area contributed by atoms with Gasteiger partial charge in [-0.05, 0) is 10.9 Å². The number of carboxylic acid groups (broad SMARTS) is 1. The molecule has 0 amide bonds. The van der Waals surface area contributed by atoms with Crippen molar-refractivity contribution in [2.24, 2.45) is 5.73 Å². The molecular formula is C15H26N6O13S3. The molecule has 0 radical (unpaired) electrons. The van der Waals surface area contributed by atoms with Crippen LogP contribution in [0.5, 0.6) is 0 Å². The number of hydrogen-bond acceptors (Lipinski definition) is 14. The van der Waals surface area contributed by atoms with E-state index in [-0.39, 0.29) is 23.7 Å². The van der Waals surface area contributed by atoms with Crippen LogP contribution in [-0.2, 0) is 41.2 Å². The maximum atomic E-state index is 10.9. The van der Waals surface area contributed by atoms with Crippen molar-refractivity contribution in [3.05, 3.63) is 12.7 Å². The highest BCUT2D eigenvalue weighted by atomic mass is 32.3. The molecule has 1 aliphatic rings. The molecule has 6 atom stereocenters. The number of hydrogen-bond donors (Lipinski definition) is 8. The number of nitrogen functional groups attached to an aromatic ring is 1. The molecule has 0 aromatic carbocycles. The van der Waals surface area contributed by atoms with Crippen molar-refractivity contribution in [2.45, 2.75) is 37.0 Å². The van der Waals surface area contributed by atoms with E-state index in [1.54, 1.807) is 0 Å². The lowest BCUT2D eigenvalue weighted by molar-refractivity contribution is -0.138. The number of ether oxygens (including phenoxy) is 1. The molecule has 10 N–H and O–H groups in total. The largest absolute Gasteiger partial charge is 0.726 e. The molecule has 1 saturated heterocycles. The van der Waals surface area contributed by atoms with Crippen molar-refractivity contribution < 1.29 is 64.0 Å². The van der Waals surface area contributed by atoms with Crippen LogP contribution in [0, 0.1) is 0 Å². The summed E-state index contributed by atoms with van der Waals surface area (Å²) in [6.07, 6.45) is -4.65. The molecule has 2 aromatic heterocycles. The van der Waals surface area contributed by atoms with Crippen LogP contribution < -0.4 is 11.5 Å². The summed E-state index contributed by atoms with van der Waals surface area (Å²) in [4.78, 5) is 22.9. The highest BCUT2D eigenvalue weighted by Gasteiger charge is 2.46. The van der Waals surface area contributed by atoms with Gasteiger partial charge in [-0.3, -0.25) is 23.0 Å². The van der Waals surface area contributed by atoms with E-state index in [1.807, 2.05) is 0 Å². The van der Waals surface area contributed by atoms with Crippen molar-refractivity contribution in [3.63, 3.8) is 0 Å². The van der Waals surface area contributed by atoms with Crippen molar-refractivity contribution in [1.29, 1.82) is 0 Å². The second-order valence-electron chi connectivity index (χ2n) is 7.10. The summed E-state index contributed by atoms with van der Waals surface area (Å²) in [5, 5.41) is 29.9. The number of anilines is 1. The van der Waals surface area contributed by atoms with E-state index in [1.165, 1.54) is 17.2 Å². The lowest BCUT2D eigenvalue weighted by Crippen LogP contribution is -2.37. The van der Waals surface area contributed by atoms with Gasteiger partial charge in [-0.25, -0.2) is 23.4 Å². The van der Waals surface area contributed by atoms with Crippen molar-refractivity contribution >= 4 is 54.6 Å². The number of carboxylic acids is 1. The van der Waals surface area contributed by atoms with Crippen LogP contribution in [0.4, 0.5) is 5.82 Å². The summed E-state index contributed by atoms with van der Waals surface area (Å²) in [5.41, 5.74) is 11.8. The van der Waals surface area contributed by atoms with Gasteiger partial charge in [0.05, 0.1) is 16.6 Å². The zero-order chi connectivity index (χ0) is 31.2. The molecule has 0 bridgehead atoms. The number of aliphatic hydroxyl groups excluding tert-OH is 2. The van der Waals surface area contributed by atoms with Crippen LogP contribution in [-0.4, -0.2) is 118 Å². The number of carbonyl (C=O) groups is 1. The Labute approximate surface area is 217 Å². The van der Waals surface area contributed by atoms with Crippen LogP contribution in [0.1, 0.15) is 16.8 Å². The van der Waals surface area contributed by atoms with E-state index in [0.29, 0.717) is 11.2 Å². The molecule has 0 aliphatic carbocycles. The summed E-state index contributed by atoms with van der Waals surface area (Å²) >= 11 is 0. The fourth-order valence-electron chi connectivity index (χ4n) is 2.83. The van der Waals surface area contributed by atoms with E-state index in [9.17, 15) is 15.0 Å². The average Bonchev–Trinajstić information content (AvgIpc) is 3.30. The first-order valence-corrected chi connectivity index (χ1v) is 13.8. The van der Waals surface area contributed by atoms with Gasteiger partial charge in [0, 0.05) is 6.42 Å². The maximum Gasteiger partial charge on any atom is 0.394 e. The van der Waals surface area contributed by atoms with Gasteiger partial charge in [-0.2, -0.15) is 8.42 Å². The molecule has 0 saturated carbocycles. The van der Waals surface area contributed by atoms with Crippen molar-refractivity contribution in [1.82, 2.24) is 19.5 Å². The molecule has 22 heteroatoms. The summed E-state index contributed by atoms with van der Waals surface area (Å²) < 4.78 is 94.9. The Bertz CT molecular complexity index is 1310. The number of aliphatic carboxylic acids is 1. The standard InChI is InChI=1S/C15H22N6O5S.2H2O4S/c1-27(3-2-7(16)15(24)25)4-8-10(22)11(23)14(26-8)21-6-20-9-12(17)18-5-19-13(9)21;2*1-5(2,3)4/h5-8,10-11,14,22-23H,2-4,16H2,1H3,(H2-,17,18,19,24,25);2*(H2,1,2,3,4)/t7-,8+,10?,11-,14+,27?;;/m0../s1/i1D3;;. The second-order valence-corrected chi connectivity index (χ2v) is 10.6. The fourth-order valence-corrected chi connectivity index (χ4v) is 4.20. The zero-order valence-corrected chi connectivity index (χ0v) is 20.8. The Morgan fingerprint density at radius 1 is 1.24 bits per heavy atom. The number of nitrogens with two attached hydrogens (primary N) is 2. The van der Waals surface area contributed by atoms with E-state index >= 15 is 0 Å². The molecular weight excluding hydrogens is 568 g/mol. The molecule has 37 heavy (non-hydrogen) atoms. The minimum atomic E-state index is -4.92. The Balaban J connectivity index is 0.000000686. The highest BCUT2D eigenvalue weighted by Crippen LogP contribution is 2.32. The molecule has 19 nitrogen and oxygen atoms in total. The lowest BCUT2D eigenvalue weighted by atomic mass is 10.1. The number of aliphatic hydroxyl groups is 2. The monoisotopic (exact) mass is 597 g/mol. The zero-order valence-electron chi connectivity index (χ0n) is 21.4. The summed E-state index contributed by atoms with van der Waals surface area (Å²) in [7, 11) is -10.9. The minimum Gasteiger partial charge on any atom is -0.726 e. The van der Waals surface area contributed by atoms with E-state index < -0.39 is 74.4 Å². The highest BCUT2D eigenvalue weighted by molar-refractivity contribution is 7.96. The van der Waals surface area contributed by atoms with Crippen LogP contribution in [0.15, 0.2) is 12.7 Å². The van der Waals surface area contributed by atoms with Gasteiger partial charge < -0.3 is 36.1 Å². The molecule has 1 aliphatic heterocycles. The number of nitrogens with zero attached hydrogens (tertiary/aromatic N) is 4. The van der Waals surface area contributed by atoms with Crippen LogP contribution in [0.25, 0.3) is 11.2 Å². The molecule has 2 aromatic rings. The van der Waals surface area contributed by atoms with Gasteiger partial charge in [0.2, 0.25) is 10.4 Å². The predicted octanol–water partition coefficient (Wildman–Crippen LogP) is -3.57. The minimum absolute atomic E-state index is 0.0229. The Kier molecular flexibility index (Phi) is 10.1. The molecule has 3 rings (SSSR count). The van der Waals surface area contributed by atoms with E-state index in [4.69, 9.17) is 60.5 Å². The Morgan fingerprint density at radius 2 is 1.81 bits per heavy atom. The predicted molar refractivity (Wildman–Crippen MR) is 125 cm³/mol. The van der Waals surface area contributed by atoms with Gasteiger partial charge in [0.25, 0.3) is 0 Å². The molecule has 3 heterocycles. The number of aromatic nitrogens is 4. The summed E-state index contributed by atoms with van der Waals surface area (Å²) in [6, 6.07) is -1.18. The third-order valence-electron chi connectivity index (χ3n) is 4.36. The quantitative estimate of drug-likeness (QED) is 0.0868.